The van der Waals surface area contributed by atoms with Crippen LogP contribution < -0.4 is 0 Å². The van der Waals surface area contributed by atoms with Crippen molar-refractivity contribution in [1.82, 2.24) is 24.4 Å². The van der Waals surface area contributed by atoms with Crippen molar-refractivity contribution >= 4 is 0 Å². The van der Waals surface area contributed by atoms with E-state index in [0.29, 0.717) is 12.0 Å². The number of hydrogen-bond acceptors (Lipinski definition) is 4. The monoisotopic (exact) mass is 313 g/mol. The highest BCUT2D eigenvalue weighted by molar-refractivity contribution is 5.55. The van der Waals surface area contributed by atoms with Crippen molar-refractivity contribution < 1.29 is 0 Å². The molecule has 124 valence electrons. The lowest BCUT2D eigenvalue weighted by molar-refractivity contribution is 0.166. The number of aromatic nitrogens is 4. The molecule has 1 aliphatic rings. The Hall–Kier alpha value is -1.75. The number of nitrogens with zero attached hydrogens (tertiary/aromatic N) is 5. The summed E-state index contributed by atoms with van der Waals surface area (Å²) < 4.78 is 2.09. The number of aryl methyl sites for hydroxylation is 2. The van der Waals surface area contributed by atoms with Crippen LogP contribution >= 0.6 is 0 Å². The van der Waals surface area contributed by atoms with E-state index in [2.05, 4.69) is 39.3 Å². The summed E-state index contributed by atoms with van der Waals surface area (Å²) in [7, 11) is 2.04. The molecule has 1 saturated heterocycles. The second kappa shape index (κ2) is 6.40. The zero-order valence-corrected chi connectivity index (χ0v) is 14.9. The summed E-state index contributed by atoms with van der Waals surface area (Å²) in [5.74, 6) is 2.35. The van der Waals surface area contributed by atoms with Crippen LogP contribution in [0.1, 0.15) is 49.9 Å². The maximum atomic E-state index is 4.75. The van der Waals surface area contributed by atoms with Crippen LogP contribution in [0.3, 0.4) is 0 Å². The second-order valence-corrected chi connectivity index (χ2v) is 6.90. The van der Waals surface area contributed by atoms with E-state index in [0.717, 1.165) is 29.6 Å². The third-order valence-electron chi connectivity index (χ3n) is 4.94. The first-order chi connectivity index (χ1) is 11.0. The molecule has 0 aliphatic carbocycles. The topological polar surface area (TPSA) is 46.8 Å². The zero-order chi connectivity index (χ0) is 16.6. The van der Waals surface area contributed by atoms with Gasteiger partial charge in [-0.25, -0.2) is 15.0 Å². The van der Waals surface area contributed by atoms with Crippen LogP contribution in [0.5, 0.6) is 0 Å². The van der Waals surface area contributed by atoms with Crippen molar-refractivity contribution in [3.63, 3.8) is 0 Å². The standard InChI is InChI=1S/C18H27N5/c1-12(2)23-8-6-7-15(11-23)16-9-17(21-13(3)20-16)18-10-19-14(4)22(18)5/h9-10,12,15H,6-8,11H2,1-5H3/t15-/m0/s1. The van der Waals surface area contributed by atoms with Gasteiger partial charge in [0, 0.05) is 31.2 Å². The Bertz CT molecular complexity index is 689. The van der Waals surface area contributed by atoms with Crippen LogP contribution in [0.15, 0.2) is 12.3 Å². The first kappa shape index (κ1) is 16.1. The Kier molecular flexibility index (Phi) is 4.48. The fourth-order valence-corrected chi connectivity index (χ4v) is 3.39. The van der Waals surface area contributed by atoms with Crippen molar-refractivity contribution in [2.24, 2.45) is 7.05 Å². The predicted octanol–water partition coefficient (Wildman–Crippen LogP) is 3.08. The normalized spacial score (nSPS) is 19.5. The lowest BCUT2D eigenvalue weighted by atomic mass is 9.93. The maximum absolute atomic E-state index is 4.75. The Balaban J connectivity index is 1.93. The van der Waals surface area contributed by atoms with Crippen LogP contribution in [0, 0.1) is 13.8 Å². The van der Waals surface area contributed by atoms with Crippen LogP contribution in [0.25, 0.3) is 11.4 Å². The van der Waals surface area contributed by atoms with Gasteiger partial charge < -0.3 is 9.47 Å². The molecule has 0 aromatic carbocycles. The summed E-state index contributed by atoms with van der Waals surface area (Å²) in [6, 6.07) is 2.76. The van der Waals surface area contributed by atoms with Crippen LogP contribution in [-0.2, 0) is 7.05 Å². The van der Waals surface area contributed by atoms with Crippen LogP contribution in [0.2, 0.25) is 0 Å². The molecule has 0 N–H and O–H groups in total. The summed E-state index contributed by atoms with van der Waals surface area (Å²) in [4.78, 5) is 16.3. The fourth-order valence-electron chi connectivity index (χ4n) is 3.39. The molecular weight excluding hydrogens is 286 g/mol. The van der Waals surface area contributed by atoms with Gasteiger partial charge in [0.2, 0.25) is 0 Å². The molecule has 0 amide bonds. The van der Waals surface area contributed by atoms with E-state index in [4.69, 9.17) is 4.98 Å². The van der Waals surface area contributed by atoms with Crippen molar-refractivity contribution in [1.29, 1.82) is 0 Å². The molecule has 2 aromatic rings. The smallest absolute Gasteiger partial charge is 0.126 e. The van der Waals surface area contributed by atoms with Gasteiger partial charge in [0.05, 0.1) is 17.6 Å². The highest BCUT2D eigenvalue weighted by Crippen LogP contribution is 2.29. The van der Waals surface area contributed by atoms with E-state index in [9.17, 15) is 0 Å². The molecule has 0 spiro atoms. The zero-order valence-electron chi connectivity index (χ0n) is 14.9. The van der Waals surface area contributed by atoms with Crippen molar-refractivity contribution in [2.45, 2.75) is 52.5 Å². The number of hydrogen-bond donors (Lipinski definition) is 0. The van der Waals surface area contributed by atoms with Crippen LogP contribution in [-0.4, -0.2) is 43.6 Å². The summed E-state index contributed by atoms with van der Waals surface area (Å²) in [5, 5.41) is 0. The molecule has 0 radical (unpaired) electrons. The van der Waals surface area contributed by atoms with Crippen LogP contribution in [0.4, 0.5) is 0 Å². The number of likely N-dealkylation sites (tertiary alicyclic amines) is 1. The Labute approximate surface area is 138 Å². The molecule has 23 heavy (non-hydrogen) atoms. The minimum Gasteiger partial charge on any atom is -0.330 e. The summed E-state index contributed by atoms with van der Waals surface area (Å²) in [6.07, 6.45) is 4.36. The van der Waals surface area contributed by atoms with Gasteiger partial charge in [-0.1, -0.05) is 0 Å². The van der Waals surface area contributed by atoms with Gasteiger partial charge in [-0.2, -0.15) is 0 Å². The molecule has 1 atom stereocenters. The van der Waals surface area contributed by atoms with E-state index >= 15 is 0 Å². The predicted molar refractivity (Wildman–Crippen MR) is 92.4 cm³/mol. The molecular formula is C18H27N5. The molecule has 3 rings (SSSR count). The first-order valence-electron chi connectivity index (χ1n) is 8.54. The number of rotatable bonds is 3. The van der Waals surface area contributed by atoms with Gasteiger partial charge in [0.15, 0.2) is 0 Å². The van der Waals surface area contributed by atoms with E-state index in [1.807, 2.05) is 27.1 Å². The lowest BCUT2D eigenvalue weighted by Crippen LogP contribution is -2.39. The van der Waals surface area contributed by atoms with Gasteiger partial charge in [-0.15, -0.1) is 0 Å². The second-order valence-electron chi connectivity index (χ2n) is 6.90. The van der Waals surface area contributed by atoms with Gasteiger partial charge in [0.1, 0.15) is 11.6 Å². The molecule has 1 fully saturated rings. The van der Waals surface area contributed by atoms with E-state index in [1.54, 1.807) is 0 Å². The summed E-state index contributed by atoms with van der Waals surface area (Å²) in [6.45, 7) is 10.8. The minimum absolute atomic E-state index is 0.501. The molecule has 3 heterocycles. The lowest BCUT2D eigenvalue weighted by Gasteiger charge is -2.35. The quantitative estimate of drug-likeness (QED) is 0.873. The first-order valence-corrected chi connectivity index (χ1v) is 8.54. The highest BCUT2D eigenvalue weighted by atomic mass is 15.2. The highest BCUT2D eigenvalue weighted by Gasteiger charge is 2.25. The van der Waals surface area contributed by atoms with E-state index < -0.39 is 0 Å². The number of piperidine rings is 1. The van der Waals surface area contributed by atoms with E-state index in [-0.39, 0.29) is 0 Å². The average Bonchev–Trinajstić information content (AvgIpc) is 2.86. The third kappa shape index (κ3) is 3.29. The molecule has 5 nitrogen and oxygen atoms in total. The summed E-state index contributed by atoms with van der Waals surface area (Å²) in [5.41, 5.74) is 3.22. The van der Waals surface area contributed by atoms with Gasteiger partial charge >= 0.3 is 0 Å². The van der Waals surface area contributed by atoms with E-state index in [1.165, 1.54) is 25.1 Å². The Morgan fingerprint density at radius 2 is 2.00 bits per heavy atom. The molecule has 2 aromatic heterocycles. The largest absolute Gasteiger partial charge is 0.330 e. The Morgan fingerprint density at radius 1 is 1.22 bits per heavy atom. The van der Waals surface area contributed by atoms with Gasteiger partial charge in [-0.05, 0) is 53.1 Å². The Morgan fingerprint density at radius 3 is 2.65 bits per heavy atom. The average molecular weight is 313 g/mol. The minimum atomic E-state index is 0.501. The van der Waals surface area contributed by atoms with Gasteiger partial charge in [-0.3, -0.25) is 0 Å². The van der Waals surface area contributed by atoms with Crippen molar-refractivity contribution in [2.75, 3.05) is 13.1 Å². The number of imidazole rings is 1. The molecule has 5 heteroatoms. The maximum Gasteiger partial charge on any atom is 0.126 e. The molecule has 0 unspecified atom stereocenters. The van der Waals surface area contributed by atoms with Gasteiger partial charge in [0.25, 0.3) is 0 Å². The fraction of sp³-hybridized carbons (Fsp3) is 0.611. The SMILES string of the molecule is Cc1nc(-c2cnc(C)n2C)cc([C@H]2CCCN(C(C)C)C2)n1. The third-order valence-corrected chi connectivity index (χ3v) is 4.94. The van der Waals surface area contributed by atoms with Crippen molar-refractivity contribution in [3.05, 3.63) is 29.6 Å². The molecule has 1 aliphatic heterocycles. The molecule has 0 saturated carbocycles. The molecule has 0 bridgehead atoms. The van der Waals surface area contributed by atoms with Crippen molar-refractivity contribution in [3.8, 4) is 11.4 Å². The summed E-state index contributed by atoms with van der Waals surface area (Å²) >= 11 is 0.